The van der Waals surface area contributed by atoms with Crippen LogP contribution in [-0.2, 0) is 0 Å². The van der Waals surface area contributed by atoms with E-state index < -0.39 is 0 Å². The summed E-state index contributed by atoms with van der Waals surface area (Å²) in [7, 11) is 1.55. The number of benzene rings is 1. The fourth-order valence-corrected chi connectivity index (χ4v) is 1.78. The number of nitrogens with zero attached hydrogens (tertiary/aromatic N) is 1. The zero-order valence-corrected chi connectivity index (χ0v) is 9.43. The number of rotatable bonds is 2. The molecule has 16 heavy (non-hydrogen) atoms. The van der Waals surface area contributed by atoms with Crippen LogP contribution in [0.1, 0.15) is 15.9 Å². The van der Waals surface area contributed by atoms with Crippen molar-refractivity contribution in [2.24, 2.45) is 0 Å². The van der Waals surface area contributed by atoms with Crippen LogP contribution in [0.3, 0.4) is 0 Å². The van der Waals surface area contributed by atoms with Crippen molar-refractivity contribution in [2.45, 2.75) is 13.0 Å². The second-order valence-corrected chi connectivity index (χ2v) is 4.07. The molecule has 0 radical (unpaired) electrons. The smallest absolute Gasteiger partial charge is 0.257 e. The molecular formula is C12H15NO3. The van der Waals surface area contributed by atoms with E-state index in [0.717, 1.165) is 5.56 Å². The fourth-order valence-electron chi connectivity index (χ4n) is 1.78. The predicted molar refractivity (Wildman–Crippen MR) is 59.6 cm³/mol. The van der Waals surface area contributed by atoms with E-state index >= 15 is 0 Å². The van der Waals surface area contributed by atoms with Crippen LogP contribution >= 0.6 is 0 Å². The van der Waals surface area contributed by atoms with Gasteiger partial charge in [0.05, 0.1) is 18.8 Å². The lowest BCUT2D eigenvalue weighted by atomic mass is 10.1. The van der Waals surface area contributed by atoms with Crippen LogP contribution in [0.4, 0.5) is 0 Å². The summed E-state index contributed by atoms with van der Waals surface area (Å²) in [4.78, 5) is 13.7. The Kier molecular flexibility index (Phi) is 2.83. The average Bonchev–Trinajstić information content (AvgIpc) is 2.24. The Hall–Kier alpha value is -1.55. The molecule has 1 heterocycles. The molecule has 1 aliphatic heterocycles. The summed E-state index contributed by atoms with van der Waals surface area (Å²) in [5.41, 5.74) is 1.58. The third kappa shape index (κ3) is 1.88. The number of methoxy groups -OCH3 is 1. The molecule has 0 atom stereocenters. The van der Waals surface area contributed by atoms with Crippen LogP contribution in [0, 0.1) is 6.92 Å². The highest BCUT2D eigenvalue weighted by Crippen LogP contribution is 2.23. The lowest BCUT2D eigenvalue weighted by Crippen LogP contribution is -2.53. The van der Waals surface area contributed by atoms with Crippen molar-refractivity contribution in [3.8, 4) is 5.75 Å². The number of aliphatic hydroxyl groups is 1. The molecule has 1 amide bonds. The van der Waals surface area contributed by atoms with Crippen molar-refractivity contribution in [2.75, 3.05) is 20.2 Å². The topological polar surface area (TPSA) is 49.8 Å². The van der Waals surface area contributed by atoms with Gasteiger partial charge in [0.2, 0.25) is 0 Å². The number of hydrogen-bond donors (Lipinski definition) is 1. The Morgan fingerprint density at radius 3 is 2.75 bits per heavy atom. The van der Waals surface area contributed by atoms with Gasteiger partial charge in [0.1, 0.15) is 5.75 Å². The van der Waals surface area contributed by atoms with Gasteiger partial charge in [-0.25, -0.2) is 0 Å². The fraction of sp³-hybridized carbons (Fsp3) is 0.417. The maximum Gasteiger partial charge on any atom is 0.257 e. The molecule has 1 aromatic carbocycles. The van der Waals surface area contributed by atoms with Gasteiger partial charge in [0, 0.05) is 13.1 Å². The van der Waals surface area contributed by atoms with E-state index in [2.05, 4.69) is 0 Å². The third-order valence-corrected chi connectivity index (χ3v) is 2.73. The Labute approximate surface area is 94.4 Å². The molecule has 0 aromatic heterocycles. The molecule has 4 nitrogen and oxygen atoms in total. The van der Waals surface area contributed by atoms with Crippen molar-refractivity contribution in [1.82, 2.24) is 4.90 Å². The second-order valence-electron chi connectivity index (χ2n) is 4.07. The summed E-state index contributed by atoms with van der Waals surface area (Å²) in [6.45, 7) is 2.76. The molecule has 2 rings (SSSR count). The zero-order valence-electron chi connectivity index (χ0n) is 9.43. The first-order chi connectivity index (χ1) is 7.61. The van der Waals surface area contributed by atoms with Crippen LogP contribution in [0.15, 0.2) is 18.2 Å². The van der Waals surface area contributed by atoms with Gasteiger partial charge in [-0.15, -0.1) is 0 Å². The Balaban J connectivity index is 2.24. The minimum absolute atomic E-state index is 0.0779. The van der Waals surface area contributed by atoms with Gasteiger partial charge in [0.25, 0.3) is 5.91 Å². The lowest BCUT2D eigenvalue weighted by molar-refractivity contribution is 0.00569. The van der Waals surface area contributed by atoms with Gasteiger partial charge in [-0.05, 0) is 19.1 Å². The molecule has 4 heteroatoms. The summed E-state index contributed by atoms with van der Waals surface area (Å²) in [5.74, 6) is 0.503. The molecule has 1 fully saturated rings. The summed E-state index contributed by atoms with van der Waals surface area (Å²) < 4.78 is 5.16. The summed E-state index contributed by atoms with van der Waals surface area (Å²) in [6, 6.07) is 5.51. The van der Waals surface area contributed by atoms with Gasteiger partial charge in [0.15, 0.2) is 0 Å². The van der Waals surface area contributed by atoms with Gasteiger partial charge >= 0.3 is 0 Å². The van der Waals surface area contributed by atoms with Crippen LogP contribution in [0.5, 0.6) is 5.75 Å². The molecule has 86 valence electrons. The predicted octanol–water partition coefficient (Wildman–Crippen LogP) is 0.820. The highest BCUT2D eigenvalue weighted by molar-refractivity contribution is 5.97. The number of aliphatic hydroxyl groups excluding tert-OH is 1. The first-order valence-corrected chi connectivity index (χ1v) is 5.24. The van der Waals surface area contributed by atoms with Gasteiger partial charge in [-0.3, -0.25) is 4.79 Å². The standard InChI is InChI=1S/C12H15NO3/c1-8-3-4-11(16-2)10(5-8)12(15)13-6-9(14)7-13/h3-5,9,14H,6-7H2,1-2H3. The monoisotopic (exact) mass is 221 g/mol. The van der Waals surface area contributed by atoms with E-state index in [9.17, 15) is 9.90 Å². The molecule has 0 saturated carbocycles. The third-order valence-electron chi connectivity index (χ3n) is 2.73. The average molecular weight is 221 g/mol. The van der Waals surface area contributed by atoms with E-state index in [4.69, 9.17) is 4.74 Å². The molecule has 1 N–H and O–H groups in total. The number of likely N-dealkylation sites (tertiary alicyclic amines) is 1. The van der Waals surface area contributed by atoms with Crippen LogP contribution in [-0.4, -0.2) is 42.2 Å². The number of hydrogen-bond acceptors (Lipinski definition) is 3. The van der Waals surface area contributed by atoms with Crippen molar-refractivity contribution in [3.05, 3.63) is 29.3 Å². The first kappa shape index (κ1) is 11.0. The van der Waals surface area contributed by atoms with E-state index in [-0.39, 0.29) is 12.0 Å². The lowest BCUT2D eigenvalue weighted by Gasteiger charge is -2.36. The van der Waals surface area contributed by atoms with Crippen molar-refractivity contribution in [3.63, 3.8) is 0 Å². The molecule has 1 saturated heterocycles. The van der Waals surface area contributed by atoms with E-state index in [1.165, 1.54) is 0 Å². The van der Waals surface area contributed by atoms with E-state index in [1.54, 1.807) is 18.1 Å². The summed E-state index contributed by atoms with van der Waals surface area (Å²) >= 11 is 0. The molecule has 0 unspecified atom stereocenters. The number of amides is 1. The van der Waals surface area contributed by atoms with E-state index in [1.807, 2.05) is 19.1 Å². The molecule has 1 aliphatic rings. The largest absolute Gasteiger partial charge is 0.496 e. The highest BCUT2D eigenvalue weighted by Gasteiger charge is 2.30. The summed E-state index contributed by atoms with van der Waals surface area (Å²) in [5, 5.41) is 9.17. The van der Waals surface area contributed by atoms with Crippen LogP contribution in [0.25, 0.3) is 0 Å². The molecule has 0 spiro atoms. The number of β-amino-alcohol motifs (C(OH)–C–C–N with tert-alkyl or cyclic N) is 1. The minimum Gasteiger partial charge on any atom is -0.496 e. The Morgan fingerprint density at radius 1 is 1.50 bits per heavy atom. The second kappa shape index (κ2) is 4.14. The number of ether oxygens (including phenoxy) is 1. The van der Waals surface area contributed by atoms with Gasteiger partial charge < -0.3 is 14.7 Å². The van der Waals surface area contributed by atoms with Crippen LogP contribution < -0.4 is 4.74 Å². The number of carbonyl (C=O) groups excluding carboxylic acids is 1. The Bertz CT molecular complexity index is 411. The van der Waals surface area contributed by atoms with Gasteiger partial charge in [-0.2, -0.15) is 0 Å². The zero-order chi connectivity index (χ0) is 11.7. The number of carbonyl (C=O) groups is 1. The van der Waals surface area contributed by atoms with E-state index in [0.29, 0.717) is 24.4 Å². The van der Waals surface area contributed by atoms with Crippen molar-refractivity contribution in [1.29, 1.82) is 0 Å². The molecule has 1 aromatic rings. The normalized spacial score (nSPS) is 15.8. The number of aryl methyl sites for hydroxylation is 1. The minimum atomic E-state index is -0.375. The van der Waals surface area contributed by atoms with Gasteiger partial charge in [-0.1, -0.05) is 11.6 Å². The summed E-state index contributed by atoms with van der Waals surface area (Å²) in [6.07, 6.45) is -0.375. The first-order valence-electron chi connectivity index (χ1n) is 5.24. The Morgan fingerprint density at radius 2 is 2.19 bits per heavy atom. The van der Waals surface area contributed by atoms with Crippen molar-refractivity contribution >= 4 is 5.91 Å². The highest BCUT2D eigenvalue weighted by atomic mass is 16.5. The van der Waals surface area contributed by atoms with Crippen LogP contribution in [0.2, 0.25) is 0 Å². The molecule has 0 aliphatic carbocycles. The van der Waals surface area contributed by atoms with Crippen molar-refractivity contribution < 1.29 is 14.6 Å². The molecular weight excluding hydrogens is 206 g/mol. The maximum atomic E-state index is 12.0. The maximum absolute atomic E-state index is 12.0. The molecule has 0 bridgehead atoms. The SMILES string of the molecule is COc1ccc(C)cc1C(=O)N1CC(O)C1. The quantitative estimate of drug-likeness (QED) is 0.804.